The molecule has 0 saturated heterocycles. The van der Waals surface area contributed by atoms with Gasteiger partial charge in [-0.25, -0.2) is 0 Å². The molecule has 2 heteroatoms. The molecule has 0 fully saturated rings. The molecule has 0 bridgehead atoms. The Bertz CT molecular complexity index is 59.1. The Balaban J connectivity index is 3.08. The average Bonchev–Trinajstić information content (AvgIpc) is 1.61. The molecule has 0 aromatic rings. The Hall–Kier alpha value is -0.340. The van der Waals surface area contributed by atoms with Crippen molar-refractivity contribution in [2.24, 2.45) is 5.73 Å². The maximum absolute atomic E-state index is 8.54. The van der Waals surface area contributed by atoms with Gasteiger partial charge in [-0.05, 0) is 6.92 Å². The van der Waals surface area contributed by atoms with Crippen LogP contribution in [0.1, 0.15) is 6.92 Å². The van der Waals surface area contributed by atoms with Crippen molar-refractivity contribution in [2.75, 3.05) is 6.54 Å². The van der Waals surface area contributed by atoms with Gasteiger partial charge in [0.2, 0.25) is 0 Å². The van der Waals surface area contributed by atoms with Crippen molar-refractivity contribution in [3.63, 3.8) is 0 Å². The highest BCUT2D eigenvalue weighted by molar-refractivity contribution is 4.86. The van der Waals surface area contributed by atoms with E-state index in [4.69, 9.17) is 10.8 Å². The fourth-order valence-corrected chi connectivity index (χ4v) is 0.276. The molecule has 0 rings (SSSR count). The lowest BCUT2D eigenvalue weighted by Gasteiger charge is -1.89. The molecular weight excluding hydrogens is 90.1 g/mol. The predicted molar refractivity (Wildman–Crippen MR) is 29.9 cm³/mol. The molecule has 0 aliphatic heterocycles. The molecule has 0 radical (unpaired) electrons. The SMILES string of the molecule is CC(O)/C=C/CN. The van der Waals surface area contributed by atoms with Crippen molar-refractivity contribution in [2.45, 2.75) is 13.0 Å². The van der Waals surface area contributed by atoms with Gasteiger partial charge in [-0.15, -0.1) is 0 Å². The van der Waals surface area contributed by atoms with E-state index in [-0.39, 0.29) is 6.10 Å². The van der Waals surface area contributed by atoms with Crippen molar-refractivity contribution in [3.8, 4) is 0 Å². The number of hydrogen-bond donors (Lipinski definition) is 2. The van der Waals surface area contributed by atoms with Crippen LogP contribution < -0.4 is 5.73 Å². The molecule has 0 aromatic carbocycles. The minimum absolute atomic E-state index is 0.358. The summed E-state index contributed by atoms with van der Waals surface area (Å²) >= 11 is 0. The number of aliphatic hydroxyl groups is 1. The van der Waals surface area contributed by atoms with E-state index in [2.05, 4.69) is 0 Å². The van der Waals surface area contributed by atoms with Gasteiger partial charge in [0, 0.05) is 6.54 Å². The maximum atomic E-state index is 8.54. The molecule has 7 heavy (non-hydrogen) atoms. The van der Waals surface area contributed by atoms with Gasteiger partial charge in [0.1, 0.15) is 0 Å². The molecular formula is C5H11NO. The Morgan fingerprint density at radius 1 is 1.86 bits per heavy atom. The van der Waals surface area contributed by atoms with E-state index >= 15 is 0 Å². The topological polar surface area (TPSA) is 46.2 Å². The van der Waals surface area contributed by atoms with Crippen LogP contribution >= 0.6 is 0 Å². The van der Waals surface area contributed by atoms with Crippen molar-refractivity contribution < 1.29 is 5.11 Å². The number of aliphatic hydroxyl groups excluding tert-OH is 1. The normalized spacial score (nSPS) is 15.3. The summed E-state index contributed by atoms with van der Waals surface area (Å²) in [6.07, 6.45) is 3.02. The third-order valence-electron chi connectivity index (χ3n) is 0.551. The van der Waals surface area contributed by atoms with Crippen LogP contribution in [0.2, 0.25) is 0 Å². The first-order valence-electron chi connectivity index (χ1n) is 2.32. The molecule has 3 N–H and O–H groups in total. The zero-order chi connectivity index (χ0) is 5.70. The highest BCUT2D eigenvalue weighted by atomic mass is 16.3. The number of hydrogen-bond acceptors (Lipinski definition) is 2. The monoisotopic (exact) mass is 101 g/mol. The highest BCUT2D eigenvalue weighted by Gasteiger charge is 1.79. The van der Waals surface area contributed by atoms with Crippen LogP contribution in [0.15, 0.2) is 12.2 Å². The second-order valence-corrected chi connectivity index (χ2v) is 1.40. The van der Waals surface area contributed by atoms with E-state index in [1.807, 2.05) is 0 Å². The molecule has 0 aromatic heterocycles. The fourth-order valence-electron chi connectivity index (χ4n) is 0.276. The molecule has 0 amide bonds. The van der Waals surface area contributed by atoms with Gasteiger partial charge in [-0.3, -0.25) is 0 Å². The third-order valence-corrected chi connectivity index (χ3v) is 0.551. The summed E-state index contributed by atoms with van der Waals surface area (Å²) in [5.74, 6) is 0. The Kier molecular flexibility index (Phi) is 3.65. The van der Waals surface area contributed by atoms with E-state index in [0.29, 0.717) is 6.54 Å². The summed E-state index contributed by atoms with van der Waals surface area (Å²) in [6, 6.07) is 0. The molecule has 0 saturated carbocycles. The maximum Gasteiger partial charge on any atom is 0.0693 e. The minimum atomic E-state index is -0.358. The van der Waals surface area contributed by atoms with Crippen LogP contribution in [-0.4, -0.2) is 17.8 Å². The van der Waals surface area contributed by atoms with E-state index in [9.17, 15) is 0 Å². The molecule has 0 aliphatic carbocycles. The predicted octanol–water partition coefficient (Wildman–Crippen LogP) is -0.118. The third kappa shape index (κ3) is 5.66. The van der Waals surface area contributed by atoms with Gasteiger partial charge in [0.05, 0.1) is 6.10 Å². The summed E-state index contributed by atoms with van der Waals surface area (Å²) in [4.78, 5) is 0. The van der Waals surface area contributed by atoms with Crippen LogP contribution in [0, 0.1) is 0 Å². The smallest absolute Gasteiger partial charge is 0.0693 e. The van der Waals surface area contributed by atoms with Crippen LogP contribution in [0.5, 0.6) is 0 Å². The van der Waals surface area contributed by atoms with Crippen LogP contribution in [-0.2, 0) is 0 Å². The standard InChI is InChI=1S/C5H11NO/c1-5(7)3-2-4-6/h2-3,5,7H,4,6H2,1H3/b3-2+. The quantitative estimate of drug-likeness (QED) is 0.476. The van der Waals surface area contributed by atoms with Crippen LogP contribution in [0.3, 0.4) is 0 Å². The van der Waals surface area contributed by atoms with E-state index in [1.54, 1.807) is 19.1 Å². The highest BCUT2D eigenvalue weighted by Crippen LogP contribution is 1.78. The molecule has 0 spiro atoms. The average molecular weight is 101 g/mol. The molecule has 0 aliphatic rings. The van der Waals surface area contributed by atoms with Gasteiger partial charge in [-0.1, -0.05) is 12.2 Å². The summed E-state index contributed by atoms with van der Waals surface area (Å²) < 4.78 is 0. The van der Waals surface area contributed by atoms with Gasteiger partial charge < -0.3 is 10.8 Å². The number of nitrogens with two attached hydrogens (primary N) is 1. The summed E-state index contributed by atoms with van der Waals surface area (Å²) in [5.41, 5.74) is 5.08. The van der Waals surface area contributed by atoms with Crippen LogP contribution in [0.25, 0.3) is 0 Å². The lowest BCUT2D eigenvalue weighted by Crippen LogP contribution is -1.97. The van der Waals surface area contributed by atoms with Crippen molar-refractivity contribution >= 4 is 0 Å². The van der Waals surface area contributed by atoms with Crippen molar-refractivity contribution in [1.29, 1.82) is 0 Å². The van der Waals surface area contributed by atoms with E-state index in [0.717, 1.165) is 0 Å². The van der Waals surface area contributed by atoms with E-state index < -0.39 is 0 Å². The summed E-state index contributed by atoms with van der Waals surface area (Å²) in [5, 5.41) is 8.54. The lowest BCUT2D eigenvalue weighted by molar-refractivity contribution is 0.244. The Morgan fingerprint density at radius 3 is 2.57 bits per heavy atom. The van der Waals surface area contributed by atoms with Crippen LogP contribution in [0.4, 0.5) is 0 Å². The van der Waals surface area contributed by atoms with E-state index in [1.165, 1.54) is 0 Å². The molecule has 1 unspecified atom stereocenters. The van der Waals surface area contributed by atoms with Crippen molar-refractivity contribution in [3.05, 3.63) is 12.2 Å². The zero-order valence-electron chi connectivity index (χ0n) is 4.46. The summed E-state index contributed by atoms with van der Waals surface area (Å²) in [7, 11) is 0. The fraction of sp³-hybridized carbons (Fsp3) is 0.600. The Labute approximate surface area is 43.6 Å². The largest absolute Gasteiger partial charge is 0.389 e. The van der Waals surface area contributed by atoms with Crippen molar-refractivity contribution in [1.82, 2.24) is 0 Å². The molecule has 42 valence electrons. The first-order valence-corrected chi connectivity index (χ1v) is 2.32. The second kappa shape index (κ2) is 3.84. The minimum Gasteiger partial charge on any atom is -0.389 e. The Morgan fingerprint density at radius 2 is 2.43 bits per heavy atom. The van der Waals surface area contributed by atoms with Gasteiger partial charge in [0.25, 0.3) is 0 Å². The lowest BCUT2D eigenvalue weighted by atomic mass is 10.3. The van der Waals surface area contributed by atoms with Gasteiger partial charge >= 0.3 is 0 Å². The molecule has 2 nitrogen and oxygen atoms in total. The van der Waals surface area contributed by atoms with Gasteiger partial charge in [0.15, 0.2) is 0 Å². The first-order chi connectivity index (χ1) is 3.27. The summed E-state index contributed by atoms with van der Waals surface area (Å²) in [6.45, 7) is 2.19. The molecule has 1 atom stereocenters. The molecule has 0 heterocycles. The number of rotatable bonds is 2. The van der Waals surface area contributed by atoms with Gasteiger partial charge in [-0.2, -0.15) is 0 Å². The second-order valence-electron chi connectivity index (χ2n) is 1.40. The zero-order valence-corrected chi connectivity index (χ0v) is 4.46. The first kappa shape index (κ1) is 6.66.